The molecule has 0 radical (unpaired) electrons. The maximum atomic E-state index is 6.66. The Labute approximate surface area is 296 Å². The zero-order chi connectivity index (χ0) is 33.5. The third-order valence-electron chi connectivity index (χ3n) is 10.2. The van der Waals surface area contributed by atoms with Gasteiger partial charge >= 0.3 is 0 Å². The molecular weight excluding hydrogens is 645 g/mol. The number of fused-ring (bicyclic) bond motifs is 9. The Hall–Kier alpha value is -6.37. The number of aryl methyl sites for hydroxylation is 1. The van der Waals surface area contributed by atoms with Crippen molar-refractivity contribution in [1.29, 1.82) is 0 Å². The summed E-state index contributed by atoms with van der Waals surface area (Å²) in [5.41, 5.74) is 8.29. The van der Waals surface area contributed by atoms with Crippen molar-refractivity contribution in [1.82, 2.24) is 19.5 Å². The topological polar surface area (TPSA) is 56.7 Å². The minimum atomic E-state index is 0.632. The molecule has 0 N–H and O–H groups in total. The molecule has 0 saturated heterocycles. The number of hydrogen-bond acceptors (Lipinski definition) is 5. The van der Waals surface area contributed by atoms with Crippen LogP contribution in [0.2, 0.25) is 0 Å². The minimum absolute atomic E-state index is 0.632. The number of thiophene rings is 1. The molecule has 6 aromatic carbocycles. The van der Waals surface area contributed by atoms with Crippen LogP contribution in [0.25, 0.3) is 92.8 Å². The van der Waals surface area contributed by atoms with Gasteiger partial charge in [0.25, 0.3) is 0 Å². The van der Waals surface area contributed by atoms with E-state index in [0.717, 1.165) is 63.0 Å². The van der Waals surface area contributed by atoms with E-state index >= 15 is 0 Å². The van der Waals surface area contributed by atoms with Crippen molar-refractivity contribution >= 4 is 70.0 Å². The van der Waals surface area contributed by atoms with Crippen LogP contribution in [0.5, 0.6) is 0 Å². The van der Waals surface area contributed by atoms with E-state index < -0.39 is 0 Å². The summed E-state index contributed by atoms with van der Waals surface area (Å²) in [6, 6.07) is 48.7. The van der Waals surface area contributed by atoms with Crippen molar-refractivity contribution in [2.75, 3.05) is 0 Å². The summed E-state index contributed by atoms with van der Waals surface area (Å²) in [6.45, 7) is 0. The van der Waals surface area contributed by atoms with Crippen molar-refractivity contribution in [3.8, 4) is 34.2 Å². The summed E-state index contributed by atoms with van der Waals surface area (Å²) in [7, 11) is 0. The first-order valence-electron chi connectivity index (χ1n) is 17.3. The van der Waals surface area contributed by atoms with Gasteiger partial charge in [0, 0.05) is 58.6 Å². The Bertz CT molecular complexity index is 3040. The fraction of sp³-hybridized carbons (Fsp3) is 0.0444. The highest BCUT2D eigenvalue weighted by atomic mass is 32.1. The maximum Gasteiger partial charge on any atom is 0.166 e. The number of allylic oxidation sites excluding steroid dienone is 1. The Morgan fingerprint density at radius 3 is 2.10 bits per heavy atom. The lowest BCUT2D eigenvalue weighted by atomic mass is 9.98. The molecule has 4 heterocycles. The van der Waals surface area contributed by atoms with E-state index in [0.29, 0.717) is 17.5 Å². The fourth-order valence-electron chi connectivity index (χ4n) is 7.90. The quantitative estimate of drug-likeness (QED) is 0.187. The predicted molar refractivity (Wildman–Crippen MR) is 210 cm³/mol. The van der Waals surface area contributed by atoms with Crippen LogP contribution >= 0.6 is 11.3 Å². The van der Waals surface area contributed by atoms with E-state index in [2.05, 4.69) is 126 Å². The van der Waals surface area contributed by atoms with E-state index in [4.69, 9.17) is 19.4 Å². The van der Waals surface area contributed by atoms with Gasteiger partial charge in [-0.05, 0) is 43.2 Å². The molecule has 0 aliphatic heterocycles. The molecule has 0 amide bonds. The smallest absolute Gasteiger partial charge is 0.166 e. The third-order valence-corrected chi connectivity index (χ3v) is 11.4. The normalized spacial score (nSPS) is 13.1. The number of hydrogen-bond donors (Lipinski definition) is 0. The van der Waals surface area contributed by atoms with Gasteiger partial charge in [-0.2, -0.15) is 0 Å². The summed E-state index contributed by atoms with van der Waals surface area (Å²) in [5.74, 6) is 2.86. The average Bonchev–Trinajstić information content (AvgIpc) is 3.88. The van der Waals surface area contributed by atoms with Crippen molar-refractivity contribution in [3.05, 3.63) is 157 Å². The summed E-state index contributed by atoms with van der Waals surface area (Å²) in [4.78, 5) is 15.7. The highest BCUT2D eigenvalue weighted by molar-refractivity contribution is 7.26. The molecule has 0 atom stereocenters. The SMILES string of the molecule is C1=C(n2c3ccccc3c3cccc(-c4nc(-c5ccccc5)nc(-c5cccc6c5sc5ccccc56)n4)c32)c2oc3ccccc3c2CC1. The van der Waals surface area contributed by atoms with Gasteiger partial charge in [-0.25, -0.2) is 15.0 Å². The molecule has 0 fully saturated rings. The lowest BCUT2D eigenvalue weighted by molar-refractivity contribution is 0.585. The Kier molecular flexibility index (Phi) is 6.18. The van der Waals surface area contributed by atoms with Gasteiger partial charge in [0.2, 0.25) is 0 Å². The first-order valence-corrected chi connectivity index (χ1v) is 18.1. The van der Waals surface area contributed by atoms with E-state index in [1.54, 1.807) is 11.3 Å². The predicted octanol–water partition coefficient (Wildman–Crippen LogP) is 11.9. The molecule has 11 rings (SSSR count). The third kappa shape index (κ3) is 4.30. The molecular formula is C45H28N4OS. The highest BCUT2D eigenvalue weighted by Gasteiger charge is 2.27. The number of nitrogens with zero attached hydrogens (tertiary/aromatic N) is 4. The number of rotatable bonds is 4. The zero-order valence-electron chi connectivity index (χ0n) is 27.4. The van der Waals surface area contributed by atoms with Gasteiger partial charge in [0.05, 0.1) is 16.7 Å². The average molecular weight is 673 g/mol. The van der Waals surface area contributed by atoms with Gasteiger partial charge in [-0.3, -0.25) is 0 Å². The Morgan fingerprint density at radius 1 is 0.549 bits per heavy atom. The summed E-state index contributed by atoms with van der Waals surface area (Å²) < 4.78 is 11.5. The van der Waals surface area contributed by atoms with E-state index in [1.165, 1.54) is 36.5 Å². The van der Waals surface area contributed by atoms with Crippen molar-refractivity contribution in [2.45, 2.75) is 12.8 Å². The minimum Gasteiger partial charge on any atom is -0.454 e. The number of benzene rings is 6. The maximum absolute atomic E-state index is 6.66. The van der Waals surface area contributed by atoms with Gasteiger partial charge in [-0.15, -0.1) is 11.3 Å². The zero-order valence-corrected chi connectivity index (χ0v) is 28.2. The lowest BCUT2D eigenvalue weighted by Gasteiger charge is -2.18. The summed E-state index contributed by atoms with van der Waals surface area (Å²) in [6.07, 6.45) is 4.19. The molecule has 5 nitrogen and oxygen atoms in total. The van der Waals surface area contributed by atoms with Crippen LogP contribution in [0.3, 0.4) is 0 Å². The van der Waals surface area contributed by atoms with Crippen LogP contribution < -0.4 is 0 Å². The van der Waals surface area contributed by atoms with Crippen LogP contribution in [0.15, 0.2) is 150 Å². The van der Waals surface area contributed by atoms with Crippen LogP contribution in [-0.4, -0.2) is 19.5 Å². The van der Waals surface area contributed by atoms with Gasteiger partial charge in [0.1, 0.15) is 5.58 Å². The van der Waals surface area contributed by atoms with Crippen molar-refractivity contribution in [2.24, 2.45) is 0 Å². The van der Waals surface area contributed by atoms with E-state index in [1.807, 2.05) is 24.3 Å². The van der Waals surface area contributed by atoms with Crippen LogP contribution in [0.4, 0.5) is 0 Å². The van der Waals surface area contributed by atoms with Crippen molar-refractivity contribution < 1.29 is 4.42 Å². The largest absolute Gasteiger partial charge is 0.454 e. The Morgan fingerprint density at radius 2 is 1.22 bits per heavy atom. The lowest BCUT2D eigenvalue weighted by Crippen LogP contribution is -2.06. The van der Waals surface area contributed by atoms with E-state index in [9.17, 15) is 0 Å². The van der Waals surface area contributed by atoms with Crippen molar-refractivity contribution in [3.63, 3.8) is 0 Å². The number of furan rings is 1. The van der Waals surface area contributed by atoms with Crippen LogP contribution in [-0.2, 0) is 6.42 Å². The van der Waals surface area contributed by atoms with Crippen LogP contribution in [0, 0.1) is 0 Å². The molecule has 10 aromatic rings. The fourth-order valence-corrected chi connectivity index (χ4v) is 9.11. The van der Waals surface area contributed by atoms with Gasteiger partial charge in [0.15, 0.2) is 23.2 Å². The Balaban J connectivity index is 1.21. The monoisotopic (exact) mass is 672 g/mol. The van der Waals surface area contributed by atoms with E-state index in [-0.39, 0.29) is 0 Å². The molecule has 0 saturated carbocycles. The molecule has 4 aromatic heterocycles. The second-order valence-electron chi connectivity index (χ2n) is 13.0. The highest BCUT2D eigenvalue weighted by Crippen LogP contribution is 2.44. The molecule has 240 valence electrons. The molecule has 1 aliphatic carbocycles. The first kappa shape index (κ1) is 28.5. The molecule has 0 unspecified atom stereocenters. The van der Waals surface area contributed by atoms with Gasteiger partial charge in [-0.1, -0.05) is 115 Å². The molecule has 0 spiro atoms. The molecule has 6 heteroatoms. The first-order chi connectivity index (χ1) is 25.3. The standard InChI is InChI=1S/C45H28N4OS/c1-2-13-27(14-3-1)43-46-44(48-45(47-43)35-22-11-20-33-30-17-6-9-26-39(30)51-42(33)35)34-21-10-18-31-28-15-4-7-23-36(28)49(40(31)34)37-24-12-19-32-29-16-5-8-25-38(29)50-41(32)37/h1-11,13-18,20-26H,12,19H2. The second-order valence-corrected chi connectivity index (χ2v) is 14.1. The second kappa shape index (κ2) is 11.1. The summed E-state index contributed by atoms with van der Waals surface area (Å²) in [5, 5.41) is 5.96. The molecule has 51 heavy (non-hydrogen) atoms. The number of para-hydroxylation sites is 3. The number of aromatic nitrogens is 4. The molecule has 1 aliphatic rings. The van der Waals surface area contributed by atoms with Crippen LogP contribution in [0.1, 0.15) is 17.7 Å². The summed E-state index contributed by atoms with van der Waals surface area (Å²) >= 11 is 1.79. The molecule has 0 bridgehead atoms. The van der Waals surface area contributed by atoms with Gasteiger partial charge < -0.3 is 8.98 Å².